The van der Waals surface area contributed by atoms with Gasteiger partial charge in [0.1, 0.15) is 0 Å². The van der Waals surface area contributed by atoms with Gasteiger partial charge in [-0.05, 0) is 0 Å². The summed E-state index contributed by atoms with van der Waals surface area (Å²) in [7, 11) is 0. The summed E-state index contributed by atoms with van der Waals surface area (Å²) >= 11 is 4.51. The van der Waals surface area contributed by atoms with E-state index < -0.39 is 23.7 Å². The molecule has 0 N–H and O–H groups in total. The smallest absolute Gasteiger partial charge is 0.172 e. The lowest BCUT2D eigenvalue weighted by Gasteiger charge is -2.02. The average Bonchev–Trinajstić information content (AvgIpc) is 1.60. The van der Waals surface area contributed by atoms with Gasteiger partial charge < -0.3 is 0 Å². The van der Waals surface area contributed by atoms with Crippen LogP contribution < -0.4 is 0 Å². The molecule has 0 radical (unpaired) electrons. The van der Waals surface area contributed by atoms with Crippen molar-refractivity contribution in [3.63, 3.8) is 0 Å². The van der Waals surface area contributed by atoms with Crippen molar-refractivity contribution in [1.82, 2.24) is 0 Å². The van der Waals surface area contributed by atoms with Gasteiger partial charge in [-0.25, -0.2) is 0 Å². The van der Waals surface area contributed by atoms with E-state index in [9.17, 15) is 22.0 Å². The van der Waals surface area contributed by atoms with E-state index in [1.54, 1.807) is 0 Å². The molecule has 0 rings (SSSR count). The molecular formula is C4H2ClF5. The van der Waals surface area contributed by atoms with Gasteiger partial charge in [0.05, 0.1) is 11.5 Å². The Morgan fingerprint density at radius 2 is 1.60 bits per heavy atom. The lowest BCUT2D eigenvalue weighted by molar-refractivity contribution is -0.126. The quantitative estimate of drug-likeness (QED) is 0.543. The van der Waals surface area contributed by atoms with Gasteiger partial charge in [-0.2, -0.15) is 22.0 Å². The Labute approximate surface area is 58.3 Å². The summed E-state index contributed by atoms with van der Waals surface area (Å²) < 4.78 is 56.1. The zero-order valence-corrected chi connectivity index (χ0v) is 5.23. The Hall–Kier alpha value is -0.320. The fraction of sp³-hybridized carbons (Fsp3) is 0.500. The first-order valence-corrected chi connectivity index (χ1v) is 2.47. The minimum absolute atomic E-state index is 1.45. The number of halogens is 6. The topological polar surface area (TPSA) is 0 Å². The van der Waals surface area contributed by atoms with Crippen LogP contribution in [0.5, 0.6) is 0 Å². The van der Waals surface area contributed by atoms with Crippen LogP contribution in [0.3, 0.4) is 0 Å². The maximum absolute atomic E-state index is 11.2. The maximum atomic E-state index is 11.2. The average molecular weight is 181 g/mol. The molecule has 0 heterocycles. The minimum Gasteiger partial charge on any atom is -0.172 e. The van der Waals surface area contributed by atoms with Crippen molar-refractivity contribution < 1.29 is 22.0 Å². The Kier molecular flexibility index (Phi) is 3.08. The van der Waals surface area contributed by atoms with Crippen molar-refractivity contribution in [3.8, 4) is 0 Å². The second kappa shape index (κ2) is 3.18. The Bertz CT molecular complexity index is 142. The number of hydrogen-bond acceptors (Lipinski definition) is 0. The highest BCUT2D eigenvalue weighted by molar-refractivity contribution is 6.29. The highest BCUT2D eigenvalue weighted by atomic mass is 35.5. The molecule has 0 amide bonds. The Morgan fingerprint density at radius 1 is 1.20 bits per heavy atom. The van der Waals surface area contributed by atoms with Crippen LogP contribution in [-0.4, -0.2) is 6.18 Å². The highest BCUT2D eigenvalue weighted by Gasteiger charge is 2.30. The largest absolute Gasteiger partial charge is 0.394 e. The summed E-state index contributed by atoms with van der Waals surface area (Å²) in [4.78, 5) is 0. The second-order valence-electron chi connectivity index (χ2n) is 1.46. The highest BCUT2D eigenvalue weighted by Crippen LogP contribution is 2.28. The zero-order chi connectivity index (χ0) is 8.36. The van der Waals surface area contributed by atoms with E-state index in [0.29, 0.717) is 0 Å². The molecule has 0 aliphatic rings. The van der Waals surface area contributed by atoms with Crippen molar-refractivity contribution in [2.24, 2.45) is 0 Å². The van der Waals surface area contributed by atoms with E-state index >= 15 is 0 Å². The molecule has 60 valence electrons. The monoisotopic (exact) mass is 180 g/mol. The Balaban J connectivity index is 4.06. The molecule has 0 spiro atoms. The van der Waals surface area contributed by atoms with E-state index in [-0.39, 0.29) is 0 Å². The van der Waals surface area contributed by atoms with Crippen molar-refractivity contribution in [2.75, 3.05) is 0 Å². The molecule has 0 saturated heterocycles. The first-order chi connectivity index (χ1) is 4.33. The molecule has 0 unspecified atom stereocenters. The first kappa shape index (κ1) is 9.68. The van der Waals surface area contributed by atoms with Gasteiger partial charge in [-0.3, -0.25) is 0 Å². The molecule has 0 atom stereocenters. The molecule has 10 heavy (non-hydrogen) atoms. The third-order valence-electron chi connectivity index (χ3n) is 0.561. The molecule has 0 aromatic carbocycles. The second-order valence-corrected chi connectivity index (χ2v) is 1.91. The number of hydrogen-bond donors (Lipinski definition) is 0. The molecule has 0 saturated carbocycles. The van der Waals surface area contributed by atoms with Crippen LogP contribution in [0.1, 0.15) is 6.42 Å². The third-order valence-corrected chi connectivity index (χ3v) is 0.837. The van der Waals surface area contributed by atoms with Gasteiger partial charge in [0.15, 0.2) is 0 Å². The van der Waals surface area contributed by atoms with Crippen LogP contribution >= 0.6 is 11.6 Å². The fourth-order valence-corrected chi connectivity index (χ4v) is 0.394. The van der Waals surface area contributed by atoms with Crippen LogP contribution in [0, 0.1) is 0 Å². The van der Waals surface area contributed by atoms with Crippen molar-refractivity contribution in [2.45, 2.75) is 12.6 Å². The summed E-state index contributed by atoms with van der Waals surface area (Å²) in [6.45, 7) is 0. The van der Waals surface area contributed by atoms with E-state index in [0.717, 1.165) is 0 Å². The SMILES string of the molecule is FC(F)=C(Cl)CC(F)(F)F. The van der Waals surface area contributed by atoms with Crippen LogP contribution in [0.15, 0.2) is 11.1 Å². The summed E-state index contributed by atoms with van der Waals surface area (Å²) in [6, 6.07) is 0. The molecule has 0 nitrogen and oxygen atoms in total. The molecule has 0 aromatic rings. The van der Waals surface area contributed by atoms with Crippen LogP contribution in [0.4, 0.5) is 22.0 Å². The number of alkyl halides is 3. The van der Waals surface area contributed by atoms with Crippen LogP contribution in [-0.2, 0) is 0 Å². The van der Waals surface area contributed by atoms with E-state index in [1.165, 1.54) is 0 Å². The van der Waals surface area contributed by atoms with E-state index in [1.807, 2.05) is 0 Å². The third kappa shape index (κ3) is 4.55. The summed E-state index contributed by atoms with van der Waals surface area (Å²) in [5.41, 5.74) is 0. The molecule has 0 aliphatic heterocycles. The summed E-state index contributed by atoms with van der Waals surface area (Å²) in [5.74, 6) is 0. The molecule has 0 aliphatic carbocycles. The Morgan fingerprint density at radius 3 is 1.70 bits per heavy atom. The van der Waals surface area contributed by atoms with Gasteiger partial charge in [-0.15, -0.1) is 0 Å². The molecule has 6 heteroatoms. The zero-order valence-electron chi connectivity index (χ0n) is 4.47. The van der Waals surface area contributed by atoms with Crippen molar-refractivity contribution in [3.05, 3.63) is 11.1 Å². The fourth-order valence-electron chi connectivity index (χ4n) is 0.243. The summed E-state index contributed by atoms with van der Waals surface area (Å²) in [5, 5.41) is -1.45. The predicted octanol–water partition coefficient (Wildman–Crippen LogP) is 3.29. The van der Waals surface area contributed by atoms with Crippen molar-refractivity contribution in [1.29, 1.82) is 0 Å². The summed E-state index contributed by atoms with van der Waals surface area (Å²) in [6.07, 6.45) is -8.92. The van der Waals surface area contributed by atoms with Gasteiger partial charge in [0.2, 0.25) is 0 Å². The molecule has 0 bridgehead atoms. The van der Waals surface area contributed by atoms with Crippen molar-refractivity contribution >= 4 is 11.6 Å². The number of rotatable bonds is 1. The van der Waals surface area contributed by atoms with E-state index in [2.05, 4.69) is 11.6 Å². The van der Waals surface area contributed by atoms with Crippen LogP contribution in [0.2, 0.25) is 0 Å². The van der Waals surface area contributed by atoms with Gasteiger partial charge in [0.25, 0.3) is 6.08 Å². The minimum atomic E-state index is -4.67. The normalized spacial score (nSPS) is 11.4. The van der Waals surface area contributed by atoms with Gasteiger partial charge in [0, 0.05) is 0 Å². The lowest BCUT2D eigenvalue weighted by atomic mass is 10.4. The molecular weight excluding hydrogens is 178 g/mol. The lowest BCUT2D eigenvalue weighted by Crippen LogP contribution is -2.06. The first-order valence-electron chi connectivity index (χ1n) is 2.09. The van der Waals surface area contributed by atoms with Crippen LogP contribution in [0.25, 0.3) is 0 Å². The predicted molar refractivity (Wildman–Crippen MR) is 25.8 cm³/mol. The molecule has 0 aromatic heterocycles. The number of allylic oxidation sites excluding steroid dienone is 1. The molecule has 0 fully saturated rings. The maximum Gasteiger partial charge on any atom is 0.394 e. The van der Waals surface area contributed by atoms with Gasteiger partial charge >= 0.3 is 6.18 Å². The standard InChI is InChI=1S/C4H2ClF5/c5-2(3(6)7)1-4(8,9)10/h1H2. The van der Waals surface area contributed by atoms with Gasteiger partial charge in [-0.1, -0.05) is 11.6 Å². The van der Waals surface area contributed by atoms with E-state index in [4.69, 9.17) is 0 Å².